The average Bonchev–Trinajstić information content (AvgIpc) is 3.05. The second kappa shape index (κ2) is 13.3. The van der Waals surface area contributed by atoms with Gasteiger partial charge < -0.3 is 9.80 Å². The first kappa shape index (κ1) is 29.4. The minimum Gasteiger partial charge on any atom is -0.311 e. The third kappa shape index (κ3) is 6.80. The lowest BCUT2D eigenvalue weighted by Gasteiger charge is -2.26. The summed E-state index contributed by atoms with van der Waals surface area (Å²) in [6, 6.07) is 51.7. The van der Waals surface area contributed by atoms with Crippen LogP contribution in [0.5, 0.6) is 0 Å². The van der Waals surface area contributed by atoms with Crippen molar-refractivity contribution in [1.82, 2.24) is 0 Å². The Hall–Kier alpha value is -3.64. The second-order valence-electron chi connectivity index (χ2n) is 10.2. The summed E-state index contributed by atoms with van der Waals surface area (Å²) in [4.78, 5) is 4.57. The fraction of sp³-hybridized carbons (Fsp3) is 0.0526. The van der Waals surface area contributed by atoms with Crippen molar-refractivity contribution in [2.75, 3.05) is 9.80 Å². The van der Waals surface area contributed by atoms with E-state index in [9.17, 15) is 0 Å². The van der Waals surface area contributed by atoms with Crippen LogP contribution in [0.25, 0.3) is 11.1 Å². The van der Waals surface area contributed by atoms with E-state index in [4.69, 9.17) is 0 Å². The van der Waals surface area contributed by atoms with E-state index in [-0.39, 0.29) is 0 Å². The topological polar surface area (TPSA) is 6.48 Å². The lowest BCUT2D eigenvalue weighted by atomic mass is 10.0. The number of aryl methyl sites for hydroxylation is 1. The zero-order valence-corrected chi connectivity index (χ0v) is 28.3. The summed E-state index contributed by atoms with van der Waals surface area (Å²) < 4.78 is 3.18. The van der Waals surface area contributed by atoms with Crippen LogP contribution < -0.4 is 9.80 Å². The molecule has 212 valence electrons. The number of halogens is 3. The van der Waals surface area contributed by atoms with Crippen molar-refractivity contribution < 1.29 is 0 Å². The highest BCUT2D eigenvalue weighted by atomic mass is 79.9. The Balaban J connectivity index is 1.31. The Kier molecular flexibility index (Phi) is 9.13. The van der Waals surface area contributed by atoms with E-state index >= 15 is 0 Å². The highest BCUT2D eigenvalue weighted by molar-refractivity contribution is 9.11. The highest BCUT2D eigenvalue weighted by Crippen LogP contribution is 2.38. The minimum absolute atomic E-state index is 1.02. The molecule has 0 aliphatic heterocycles. The molecular formula is C38H29Br3N2. The van der Waals surface area contributed by atoms with Gasteiger partial charge in [-0.05, 0) is 132 Å². The smallest absolute Gasteiger partial charge is 0.0462 e. The van der Waals surface area contributed by atoms with Crippen LogP contribution in [0.15, 0.2) is 159 Å². The van der Waals surface area contributed by atoms with Crippen LogP contribution in [-0.4, -0.2) is 0 Å². The molecule has 0 spiro atoms. The van der Waals surface area contributed by atoms with Crippen molar-refractivity contribution in [3.63, 3.8) is 0 Å². The lowest BCUT2D eigenvalue weighted by molar-refractivity contribution is 1.14. The molecule has 43 heavy (non-hydrogen) atoms. The van der Waals surface area contributed by atoms with Crippen LogP contribution in [0.3, 0.4) is 0 Å². The Labute approximate surface area is 279 Å². The summed E-state index contributed by atoms with van der Waals surface area (Å²) in [7, 11) is 0. The fourth-order valence-electron chi connectivity index (χ4n) is 5.15. The van der Waals surface area contributed by atoms with E-state index < -0.39 is 0 Å². The molecule has 5 heteroatoms. The summed E-state index contributed by atoms with van der Waals surface area (Å²) in [5, 5.41) is 0. The van der Waals surface area contributed by atoms with Crippen molar-refractivity contribution in [3.8, 4) is 11.1 Å². The first-order valence-corrected chi connectivity index (χ1v) is 16.5. The molecule has 0 fully saturated rings. The maximum absolute atomic E-state index is 3.58. The van der Waals surface area contributed by atoms with Crippen LogP contribution in [0.4, 0.5) is 34.1 Å². The Bertz CT molecular complexity index is 1730. The standard InChI is InChI=1S/C38H29Br3N2/c1-2-27-3-15-33(16-4-27)42(36-21-9-30(39)10-22-36)34-17-5-28(6-18-34)29-7-19-35(20-8-29)43(37-23-11-31(40)12-24-37)38-25-13-32(41)14-26-38/h3-26H,2H2,1H3. The minimum atomic E-state index is 1.02. The molecule has 2 nitrogen and oxygen atoms in total. The van der Waals surface area contributed by atoms with Gasteiger partial charge in [-0.2, -0.15) is 0 Å². The normalized spacial score (nSPS) is 10.9. The van der Waals surface area contributed by atoms with E-state index in [0.29, 0.717) is 0 Å². The lowest BCUT2D eigenvalue weighted by Crippen LogP contribution is -2.10. The third-order valence-corrected chi connectivity index (χ3v) is 9.03. The quantitative estimate of drug-likeness (QED) is 0.153. The van der Waals surface area contributed by atoms with E-state index in [0.717, 1.165) is 54.0 Å². The summed E-state index contributed by atoms with van der Waals surface area (Å²) in [5.41, 5.74) is 10.3. The molecule has 0 radical (unpaired) electrons. The third-order valence-electron chi connectivity index (χ3n) is 7.44. The monoisotopic (exact) mass is 750 g/mol. The first-order valence-electron chi connectivity index (χ1n) is 14.1. The van der Waals surface area contributed by atoms with Gasteiger partial charge in [0.1, 0.15) is 0 Å². The fourth-order valence-corrected chi connectivity index (χ4v) is 5.94. The largest absolute Gasteiger partial charge is 0.311 e. The Morgan fingerprint density at radius 2 is 0.581 bits per heavy atom. The van der Waals surface area contributed by atoms with Crippen LogP contribution in [0.1, 0.15) is 12.5 Å². The maximum Gasteiger partial charge on any atom is 0.0462 e. The summed E-state index contributed by atoms with van der Waals surface area (Å²) in [6.07, 6.45) is 1.02. The number of hydrogen-bond donors (Lipinski definition) is 0. The molecule has 0 saturated heterocycles. The van der Waals surface area contributed by atoms with Crippen LogP contribution in [0.2, 0.25) is 0 Å². The van der Waals surface area contributed by atoms with Crippen molar-refractivity contribution in [1.29, 1.82) is 0 Å². The maximum atomic E-state index is 3.58. The molecule has 0 saturated carbocycles. The molecule has 6 rings (SSSR count). The van der Waals surface area contributed by atoms with Gasteiger partial charge in [-0.1, -0.05) is 91.1 Å². The highest BCUT2D eigenvalue weighted by Gasteiger charge is 2.15. The van der Waals surface area contributed by atoms with E-state index in [1.165, 1.54) is 16.7 Å². The summed E-state index contributed by atoms with van der Waals surface area (Å²) in [6.45, 7) is 2.19. The Morgan fingerprint density at radius 1 is 0.349 bits per heavy atom. The van der Waals surface area contributed by atoms with Crippen LogP contribution in [0, 0.1) is 0 Å². The predicted octanol–water partition coefficient (Wildman–Crippen LogP) is 13.1. The van der Waals surface area contributed by atoms with E-state index in [1.54, 1.807) is 0 Å². The molecule has 0 amide bonds. The van der Waals surface area contributed by atoms with E-state index in [1.807, 2.05) is 0 Å². The van der Waals surface area contributed by atoms with Crippen molar-refractivity contribution in [2.24, 2.45) is 0 Å². The zero-order valence-electron chi connectivity index (χ0n) is 23.6. The number of benzene rings is 6. The number of rotatable bonds is 8. The first-order chi connectivity index (χ1) is 21.0. The SMILES string of the molecule is CCc1ccc(N(c2ccc(Br)cc2)c2ccc(-c3ccc(N(c4ccc(Br)cc4)c4ccc(Br)cc4)cc3)cc2)cc1. The van der Waals surface area contributed by atoms with E-state index in [2.05, 4.69) is 210 Å². The molecule has 0 unspecified atom stereocenters. The summed E-state index contributed by atoms with van der Waals surface area (Å²) >= 11 is 10.7. The van der Waals surface area contributed by atoms with Crippen molar-refractivity contribution in [2.45, 2.75) is 13.3 Å². The molecule has 0 bridgehead atoms. The van der Waals surface area contributed by atoms with Crippen LogP contribution >= 0.6 is 47.8 Å². The predicted molar refractivity (Wildman–Crippen MR) is 194 cm³/mol. The van der Waals surface area contributed by atoms with Gasteiger partial charge in [-0.25, -0.2) is 0 Å². The average molecular weight is 753 g/mol. The van der Waals surface area contributed by atoms with Gasteiger partial charge in [0.2, 0.25) is 0 Å². The van der Waals surface area contributed by atoms with Gasteiger partial charge in [0, 0.05) is 47.5 Å². The Morgan fingerprint density at radius 3 is 0.837 bits per heavy atom. The molecule has 6 aromatic carbocycles. The van der Waals surface area contributed by atoms with Crippen LogP contribution in [-0.2, 0) is 6.42 Å². The molecule has 0 aromatic heterocycles. The molecule has 0 aliphatic carbocycles. The second-order valence-corrected chi connectivity index (χ2v) is 13.0. The number of nitrogens with zero attached hydrogens (tertiary/aromatic N) is 2. The molecular weight excluding hydrogens is 724 g/mol. The van der Waals surface area contributed by atoms with Crippen molar-refractivity contribution in [3.05, 3.63) is 165 Å². The van der Waals surface area contributed by atoms with Gasteiger partial charge >= 0.3 is 0 Å². The molecule has 0 N–H and O–H groups in total. The molecule has 0 heterocycles. The van der Waals surface area contributed by atoms with Gasteiger partial charge in [0.15, 0.2) is 0 Å². The number of anilines is 6. The van der Waals surface area contributed by atoms with Crippen molar-refractivity contribution >= 4 is 81.9 Å². The molecule has 0 atom stereocenters. The van der Waals surface area contributed by atoms with Gasteiger partial charge in [0.05, 0.1) is 0 Å². The summed E-state index contributed by atoms with van der Waals surface area (Å²) in [5.74, 6) is 0. The zero-order chi connectivity index (χ0) is 29.8. The van der Waals surface area contributed by atoms with Gasteiger partial charge in [-0.3, -0.25) is 0 Å². The molecule has 6 aromatic rings. The number of hydrogen-bond acceptors (Lipinski definition) is 2. The van der Waals surface area contributed by atoms with Gasteiger partial charge in [-0.15, -0.1) is 0 Å². The molecule has 0 aliphatic rings. The van der Waals surface area contributed by atoms with Gasteiger partial charge in [0.25, 0.3) is 0 Å².